The molecule has 0 radical (unpaired) electrons. The van der Waals surface area contributed by atoms with Gasteiger partial charge in [-0.1, -0.05) is 31.2 Å². The molecule has 1 rings (SSSR count). The van der Waals surface area contributed by atoms with Crippen LogP contribution in [-0.4, -0.2) is 12.6 Å². The van der Waals surface area contributed by atoms with Crippen LogP contribution in [0, 0.1) is 5.82 Å². The number of hydrogen-bond acceptors (Lipinski definition) is 1. The van der Waals surface area contributed by atoms with Gasteiger partial charge in [-0.3, -0.25) is 0 Å². The first-order chi connectivity index (χ1) is 8.27. The molecule has 94 valence electrons. The van der Waals surface area contributed by atoms with Crippen LogP contribution < -0.4 is 5.32 Å². The lowest BCUT2D eigenvalue weighted by atomic mass is 10.0. The van der Waals surface area contributed by atoms with Gasteiger partial charge in [-0.05, 0) is 43.9 Å². The molecule has 0 heterocycles. The second kappa shape index (κ2) is 8.02. The van der Waals surface area contributed by atoms with Gasteiger partial charge in [0.1, 0.15) is 5.82 Å². The maximum Gasteiger partial charge on any atom is 0.126 e. The average Bonchev–Trinajstić information content (AvgIpc) is 2.32. The highest BCUT2D eigenvalue weighted by molar-refractivity contribution is 5.18. The van der Waals surface area contributed by atoms with Gasteiger partial charge >= 0.3 is 0 Å². The molecular formula is C15H22FN. The van der Waals surface area contributed by atoms with Gasteiger partial charge in [-0.15, -0.1) is 6.58 Å². The van der Waals surface area contributed by atoms with Crippen molar-refractivity contribution in [3.63, 3.8) is 0 Å². The van der Waals surface area contributed by atoms with E-state index in [-0.39, 0.29) is 5.82 Å². The van der Waals surface area contributed by atoms with E-state index in [0.717, 1.165) is 37.8 Å². The number of unbranched alkanes of at least 4 members (excludes halogenated alkanes) is 1. The molecule has 0 saturated carbocycles. The van der Waals surface area contributed by atoms with Crippen molar-refractivity contribution in [1.82, 2.24) is 5.32 Å². The molecule has 1 aromatic carbocycles. The van der Waals surface area contributed by atoms with Crippen LogP contribution in [0.15, 0.2) is 36.9 Å². The van der Waals surface area contributed by atoms with Crippen LogP contribution in [0.4, 0.5) is 4.39 Å². The lowest BCUT2D eigenvalue weighted by Crippen LogP contribution is -2.31. The maximum absolute atomic E-state index is 13.5. The van der Waals surface area contributed by atoms with Crippen LogP contribution in [0.1, 0.15) is 31.7 Å². The molecule has 0 aliphatic rings. The average molecular weight is 235 g/mol. The number of hydrogen-bond donors (Lipinski definition) is 1. The lowest BCUT2D eigenvalue weighted by molar-refractivity contribution is 0.468. The molecule has 2 heteroatoms. The van der Waals surface area contributed by atoms with Crippen molar-refractivity contribution in [2.24, 2.45) is 0 Å². The topological polar surface area (TPSA) is 12.0 Å². The molecule has 1 N–H and O–H groups in total. The normalized spacial score (nSPS) is 12.4. The Hall–Kier alpha value is -1.15. The minimum atomic E-state index is -0.0980. The number of halogens is 1. The van der Waals surface area contributed by atoms with E-state index >= 15 is 0 Å². The monoisotopic (exact) mass is 235 g/mol. The smallest absolute Gasteiger partial charge is 0.126 e. The van der Waals surface area contributed by atoms with Crippen LogP contribution >= 0.6 is 0 Å². The SMILES string of the molecule is C=CCCCC(Cc1ccccc1F)NCC. The molecular weight excluding hydrogens is 213 g/mol. The van der Waals surface area contributed by atoms with Crippen LogP contribution in [0.25, 0.3) is 0 Å². The number of likely N-dealkylation sites (N-methyl/N-ethyl adjacent to an activating group) is 1. The Morgan fingerprint density at radius 3 is 2.82 bits per heavy atom. The van der Waals surface area contributed by atoms with Crippen molar-refractivity contribution < 1.29 is 4.39 Å². The summed E-state index contributed by atoms with van der Waals surface area (Å²) in [6, 6.07) is 7.39. The Labute approximate surface area is 104 Å². The fourth-order valence-electron chi connectivity index (χ4n) is 2.00. The summed E-state index contributed by atoms with van der Waals surface area (Å²) in [6.07, 6.45) is 5.90. The van der Waals surface area contributed by atoms with Gasteiger partial charge in [0.2, 0.25) is 0 Å². The van der Waals surface area contributed by atoms with Gasteiger partial charge in [0.15, 0.2) is 0 Å². The Morgan fingerprint density at radius 2 is 2.18 bits per heavy atom. The molecule has 0 aromatic heterocycles. The fraction of sp³-hybridized carbons (Fsp3) is 0.467. The van der Waals surface area contributed by atoms with E-state index < -0.39 is 0 Å². The number of allylic oxidation sites excluding steroid dienone is 1. The summed E-state index contributed by atoms with van der Waals surface area (Å²) < 4.78 is 13.5. The fourth-order valence-corrected chi connectivity index (χ4v) is 2.00. The Kier molecular flexibility index (Phi) is 6.56. The summed E-state index contributed by atoms with van der Waals surface area (Å²) in [4.78, 5) is 0. The van der Waals surface area contributed by atoms with Gasteiger partial charge in [-0.2, -0.15) is 0 Å². The molecule has 1 nitrogen and oxygen atoms in total. The predicted octanol–water partition coefficient (Wildman–Crippen LogP) is 3.70. The van der Waals surface area contributed by atoms with Crippen molar-refractivity contribution in [3.05, 3.63) is 48.3 Å². The Morgan fingerprint density at radius 1 is 1.41 bits per heavy atom. The van der Waals surface area contributed by atoms with Crippen LogP contribution in [-0.2, 0) is 6.42 Å². The third-order valence-corrected chi connectivity index (χ3v) is 2.88. The Bertz CT molecular complexity index is 335. The van der Waals surface area contributed by atoms with E-state index in [9.17, 15) is 4.39 Å². The third kappa shape index (κ3) is 5.14. The highest BCUT2D eigenvalue weighted by Crippen LogP contribution is 2.12. The molecule has 1 unspecified atom stereocenters. The minimum Gasteiger partial charge on any atom is -0.314 e. The van der Waals surface area contributed by atoms with E-state index in [1.807, 2.05) is 18.2 Å². The number of rotatable bonds is 8. The molecule has 1 atom stereocenters. The summed E-state index contributed by atoms with van der Waals surface area (Å²) >= 11 is 0. The predicted molar refractivity (Wildman–Crippen MR) is 71.6 cm³/mol. The Balaban J connectivity index is 2.53. The quantitative estimate of drug-likeness (QED) is 0.535. The second-order valence-electron chi connectivity index (χ2n) is 4.27. The van der Waals surface area contributed by atoms with Gasteiger partial charge in [-0.25, -0.2) is 4.39 Å². The molecule has 1 aromatic rings. The van der Waals surface area contributed by atoms with Gasteiger partial charge < -0.3 is 5.32 Å². The third-order valence-electron chi connectivity index (χ3n) is 2.88. The molecule has 0 bridgehead atoms. The second-order valence-corrected chi connectivity index (χ2v) is 4.27. The standard InChI is InChI=1S/C15H22FN/c1-3-5-6-10-14(17-4-2)12-13-9-7-8-11-15(13)16/h3,7-9,11,14,17H,1,4-6,10,12H2,2H3. The number of nitrogens with one attached hydrogen (secondary N) is 1. The van der Waals surface area contributed by atoms with Crippen LogP contribution in [0.5, 0.6) is 0 Å². The molecule has 0 aliphatic heterocycles. The first kappa shape index (κ1) is 13.9. The summed E-state index contributed by atoms with van der Waals surface area (Å²) in [6.45, 7) is 6.73. The summed E-state index contributed by atoms with van der Waals surface area (Å²) in [5, 5.41) is 3.42. The summed E-state index contributed by atoms with van der Waals surface area (Å²) in [5.74, 6) is -0.0980. The van der Waals surface area contributed by atoms with E-state index in [1.165, 1.54) is 6.07 Å². The van der Waals surface area contributed by atoms with Crippen LogP contribution in [0.2, 0.25) is 0 Å². The molecule has 0 amide bonds. The van der Waals surface area contributed by atoms with Crippen molar-refractivity contribution >= 4 is 0 Å². The molecule has 17 heavy (non-hydrogen) atoms. The van der Waals surface area contributed by atoms with E-state index in [0.29, 0.717) is 6.04 Å². The zero-order valence-electron chi connectivity index (χ0n) is 10.6. The molecule has 0 aliphatic carbocycles. The van der Waals surface area contributed by atoms with Gasteiger partial charge in [0.25, 0.3) is 0 Å². The molecule has 0 saturated heterocycles. The highest BCUT2D eigenvalue weighted by atomic mass is 19.1. The highest BCUT2D eigenvalue weighted by Gasteiger charge is 2.10. The first-order valence-corrected chi connectivity index (χ1v) is 6.35. The van der Waals surface area contributed by atoms with E-state index in [2.05, 4.69) is 18.8 Å². The zero-order chi connectivity index (χ0) is 12.5. The summed E-state index contributed by atoms with van der Waals surface area (Å²) in [7, 11) is 0. The van der Waals surface area contributed by atoms with Crippen molar-refractivity contribution in [3.8, 4) is 0 Å². The van der Waals surface area contributed by atoms with Crippen LogP contribution in [0.3, 0.4) is 0 Å². The van der Waals surface area contributed by atoms with Gasteiger partial charge in [0, 0.05) is 6.04 Å². The van der Waals surface area contributed by atoms with Crippen molar-refractivity contribution in [1.29, 1.82) is 0 Å². The van der Waals surface area contributed by atoms with E-state index in [1.54, 1.807) is 6.07 Å². The maximum atomic E-state index is 13.5. The van der Waals surface area contributed by atoms with Gasteiger partial charge in [0.05, 0.1) is 0 Å². The molecule has 0 spiro atoms. The zero-order valence-corrected chi connectivity index (χ0v) is 10.6. The minimum absolute atomic E-state index is 0.0980. The number of benzene rings is 1. The van der Waals surface area contributed by atoms with E-state index in [4.69, 9.17) is 0 Å². The lowest BCUT2D eigenvalue weighted by Gasteiger charge is -2.18. The van der Waals surface area contributed by atoms with Crippen molar-refractivity contribution in [2.45, 2.75) is 38.6 Å². The summed E-state index contributed by atoms with van der Waals surface area (Å²) in [5.41, 5.74) is 0.803. The largest absolute Gasteiger partial charge is 0.314 e. The first-order valence-electron chi connectivity index (χ1n) is 6.35. The van der Waals surface area contributed by atoms with Crippen molar-refractivity contribution in [2.75, 3.05) is 6.54 Å². The molecule has 0 fully saturated rings.